The number of sulfone groups is 1. The first-order valence-electron chi connectivity index (χ1n) is 6.94. The zero-order valence-corrected chi connectivity index (χ0v) is 13.0. The summed E-state index contributed by atoms with van der Waals surface area (Å²) in [5, 5.41) is 0. The van der Waals surface area contributed by atoms with Crippen molar-refractivity contribution in [3.8, 4) is 0 Å². The highest BCUT2D eigenvalue weighted by Crippen LogP contribution is 2.43. The van der Waals surface area contributed by atoms with Crippen molar-refractivity contribution < 1.29 is 17.9 Å². The molecular formula is C14H24O4S. The number of ether oxygens (including phenoxy) is 1. The highest BCUT2D eigenvalue weighted by molar-refractivity contribution is 7.91. The molecule has 2 aliphatic heterocycles. The Hall–Kier alpha value is -0.420. The van der Waals surface area contributed by atoms with Crippen molar-refractivity contribution in [3.05, 3.63) is 0 Å². The fraction of sp³-hybridized carbons (Fsp3) is 0.929. The monoisotopic (exact) mass is 288 g/mol. The molecule has 2 rings (SSSR count). The van der Waals surface area contributed by atoms with Gasteiger partial charge in [0.1, 0.15) is 5.78 Å². The van der Waals surface area contributed by atoms with E-state index in [-0.39, 0.29) is 34.7 Å². The maximum absolute atomic E-state index is 12.4. The predicted octanol–water partition coefficient (Wildman–Crippen LogP) is 1.97. The summed E-state index contributed by atoms with van der Waals surface area (Å²) in [5.74, 6) is 0.470. The van der Waals surface area contributed by atoms with Gasteiger partial charge >= 0.3 is 0 Å². The molecule has 0 aromatic rings. The molecule has 0 N–H and O–H groups in total. The zero-order valence-electron chi connectivity index (χ0n) is 12.2. The van der Waals surface area contributed by atoms with Gasteiger partial charge in [0.05, 0.1) is 22.7 Å². The molecule has 2 aliphatic rings. The number of hydrogen-bond acceptors (Lipinski definition) is 4. The van der Waals surface area contributed by atoms with Crippen molar-refractivity contribution >= 4 is 15.6 Å². The third kappa shape index (κ3) is 3.37. The van der Waals surface area contributed by atoms with E-state index in [2.05, 4.69) is 0 Å². The normalized spacial score (nSPS) is 35.4. The van der Waals surface area contributed by atoms with Gasteiger partial charge in [-0.15, -0.1) is 0 Å². The summed E-state index contributed by atoms with van der Waals surface area (Å²) in [6.45, 7) is 7.91. The van der Waals surface area contributed by atoms with E-state index < -0.39 is 15.4 Å². The van der Waals surface area contributed by atoms with Crippen molar-refractivity contribution in [3.63, 3.8) is 0 Å². The molecule has 0 aliphatic carbocycles. The molecule has 2 fully saturated rings. The Balaban J connectivity index is 2.01. The van der Waals surface area contributed by atoms with Crippen LogP contribution in [0.5, 0.6) is 0 Å². The van der Waals surface area contributed by atoms with E-state index in [0.29, 0.717) is 12.8 Å². The molecule has 5 heteroatoms. The highest BCUT2D eigenvalue weighted by atomic mass is 32.2. The minimum Gasteiger partial charge on any atom is -0.369 e. The molecule has 0 aromatic carbocycles. The number of ketones is 1. The van der Waals surface area contributed by atoms with E-state index in [1.54, 1.807) is 0 Å². The Labute approximate surface area is 115 Å². The predicted molar refractivity (Wildman–Crippen MR) is 73.7 cm³/mol. The standard InChI is InChI=1S/C14H24O4S/c1-13(2)8-11(14(3,4)18-13)12(15)7-10-5-6-19(16,17)9-10/h10-11H,5-9H2,1-4H3. The topological polar surface area (TPSA) is 60.4 Å². The van der Waals surface area contributed by atoms with Gasteiger partial charge in [-0.3, -0.25) is 4.79 Å². The molecule has 2 saturated heterocycles. The molecule has 0 spiro atoms. The first-order valence-corrected chi connectivity index (χ1v) is 8.76. The lowest BCUT2D eigenvalue weighted by atomic mass is 9.81. The van der Waals surface area contributed by atoms with E-state index in [9.17, 15) is 13.2 Å². The van der Waals surface area contributed by atoms with Crippen LogP contribution in [0.3, 0.4) is 0 Å². The molecule has 0 bridgehead atoms. The number of rotatable bonds is 3. The minimum atomic E-state index is -2.90. The third-order valence-corrected chi connectivity index (χ3v) is 6.12. The van der Waals surface area contributed by atoms with Gasteiger partial charge in [0.25, 0.3) is 0 Å². The van der Waals surface area contributed by atoms with Crippen molar-refractivity contribution in [1.29, 1.82) is 0 Å². The van der Waals surface area contributed by atoms with Crippen molar-refractivity contribution in [1.82, 2.24) is 0 Å². The van der Waals surface area contributed by atoms with Gasteiger partial charge in [-0.25, -0.2) is 8.42 Å². The molecule has 0 radical (unpaired) electrons. The van der Waals surface area contributed by atoms with E-state index >= 15 is 0 Å². The molecule has 0 amide bonds. The van der Waals surface area contributed by atoms with Gasteiger partial charge in [0.15, 0.2) is 9.84 Å². The average molecular weight is 288 g/mol. The summed E-state index contributed by atoms with van der Waals surface area (Å²) in [4.78, 5) is 12.4. The smallest absolute Gasteiger partial charge is 0.150 e. The molecule has 0 aromatic heterocycles. The molecule has 2 unspecified atom stereocenters. The van der Waals surface area contributed by atoms with Gasteiger partial charge in [-0.2, -0.15) is 0 Å². The number of carbonyl (C=O) groups is 1. The largest absolute Gasteiger partial charge is 0.369 e. The van der Waals surface area contributed by atoms with Crippen LogP contribution in [0.15, 0.2) is 0 Å². The quantitative estimate of drug-likeness (QED) is 0.796. The number of hydrogen-bond donors (Lipinski definition) is 0. The molecular weight excluding hydrogens is 264 g/mol. The van der Waals surface area contributed by atoms with Crippen LogP contribution in [0.1, 0.15) is 47.0 Å². The van der Waals surface area contributed by atoms with E-state index in [4.69, 9.17) is 4.74 Å². The number of Topliss-reactive ketones (excluding diaryl/α,β-unsaturated/α-hetero) is 1. The Morgan fingerprint density at radius 3 is 2.32 bits per heavy atom. The van der Waals surface area contributed by atoms with Crippen LogP contribution in [-0.2, 0) is 19.4 Å². The SMILES string of the molecule is CC1(C)CC(C(=O)CC2CCS(=O)(=O)C2)C(C)(C)O1. The minimum absolute atomic E-state index is 0.0111. The summed E-state index contributed by atoms with van der Waals surface area (Å²) >= 11 is 0. The van der Waals surface area contributed by atoms with E-state index in [0.717, 1.165) is 6.42 Å². The second-order valence-corrected chi connectivity index (χ2v) is 9.39. The lowest BCUT2D eigenvalue weighted by Crippen LogP contribution is -2.34. The van der Waals surface area contributed by atoms with Gasteiger partial charge in [0.2, 0.25) is 0 Å². The maximum Gasteiger partial charge on any atom is 0.150 e. The summed E-state index contributed by atoms with van der Waals surface area (Å²) in [6.07, 6.45) is 1.73. The van der Waals surface area contributed by atoms with E-state index in [1.807, 2.05) is 27.7 Å². The molecule has 19 heavy (non-hydrogen) atoms. The third-order valence-electron chi connectivity index (χ3n) is 4.28. The van der Waals surface area contributed by atoms with Crippen LogP contribution >= 0.6 is 0 Å². The fourth-order valence-corrected chi connectivity index (χ4v) is 5.39. The second kappa shape index (κ2) is 4.55. The lowest BCUT2D eigenvalue weighted by Gasteiger charge is -2.27. The molecule has 0 saturated carbocycles. The van der Waals surface area contributed by atoms with Gasteiger partial charge in [-0.05, 0) is 46.5 Å². The summed E-state index contributed by atoms with van der Waals surface area (Å²) in [7, 11) is -2.90. The molecule has 2 atom stereocenters. The van der Waals surface area contributed by atoms with Crippen LogP contribution in [0, 0.1) is 11.8 Å². The van der Waals surface area contributed by atoms with Crippen molar-refractivity contribution in [2.75, 3.05) is 11.5 Å². The Kier molecular flexibility index (Phi) is 3.59. The van der Waals surface area contributed by atoms with Crippen LogP contribution < -0.4 is 0 Å². The lowest BCUT2D eigenvalue weighted by molar-refractivity contribution is -0.130. The number of carbonyl (C=O) groups excluding carboxylic acids is 1. The molecule has 110 valence electrons. The first-order chi connectivity index (χ1) is 8.51. The van der Waals surface area contributed by atoms with Crippen molar-refractivity contribution in [2.45, 2.75) is 58.2 Å². The Morgan fingerprint density at radius 2 is 1.89 bits per heavy atom. The average Bonchev–Trinajstić information content (AvgIpc) is 2.62. The summed E-state index contributed by atoms with van der Waals surface area (Å²) in [5.41, 5.74) is -0.719. The Bertz CT molecular complexity index is 476. The highest BCUT2D eigenvalue weighted by Gasteiger charge is 2.49. The van der Waals surface area contributed by atoms with Crippen LogP contribution in [-0.4, -0.2) is 36.9 Å². The Morgan fingerprint density at radius 1 is 1.26 bits per heavy atom. The maximum atomic E-state index is 12.4. The summed E-state index contributed by atoms with van der Waals surface area (Å²) in [6, 6.07) is 0. The summed E-state index contributed by atoms with van der Waals surface area (Å²) < 4.78 is 28.8. The zero-order chi connectivity index (χ0) is 14.5. The van der Waals surface area contributed by atoms with Crippen LogP contribution in [0.2, 0.25) is 0 Å². The first kappa shape index (κ1) is 15.0. The van der Waals surface area contributed by atoms with Gasteiger partial charge in [0, 0.05) is 12.3 Å². The van der Waals surface area contributed by atoms with Gasteiger partial charge < -0.3 is 4.74 Å². The van der Waals surface area contributed by atoms with Crippen molar-refractivity contribution in [2.24, 2.45) is 11.8 Å². The molecule has 4 nitrogen and oxygen atoms in total. The fourth-order valence-electron chi connectivity index (χ4n) is 3.52. The van der Waals surface area contributed by atoms with Crippen LogP contribution in [0.25, 0.3) is 0 Å². The molecule has 2 heterocycles. The van der Waals surface area contributed by atoms with Gasteiger partial charge in [-0.1, -0.05) is 0 Å². The van der Waals surface area contributed by atoms with Crippen LogP contribution in [0.4, 0.5) is 0 Å². The second-order valence-electron chi connectivity index (χ2n) is 7.16. The van der Waals surface area contributed by atoms with E-state index in [1.165, 1.54) is 0 Å².